The number of ether oxygens (including phenoxy) is 1. The number of aliphatic hydroxyl groups excluding tert-OH is 2. The number of carboxylic acid groups (broad SMARTS) is 1. The molecule has 0 aromatic rings. The second-order valence-corrected chi connectivity index (χ2v) is 13.3. The molecule has 0 saturated carbocycles. The summed E-state index contributed by atoms with van der Waals surface area (Å²) in [7, 11) is 0. The fraction of sp³-hybridized carbons (Fsp3) is 0.974. The molecule has 0 amide bonds. The van der Waals surface area contributed by atoms with Crippen LogP contribution in [-0.4, -0.2) is 47.2 Å². The molecule has 0 saturated heterocycles. The van der Waals surface area contributed by atoms with Gasteiger partial charge >= 0.3 is 5.97 Å². The third kappa shape index (κ3) is 45.8. The first-order valence-electron chi connectivity index (χ1n) is 19.7. The Labute approximate surface area is 275 Å². The van der Waals surface area contributed by atoms with Crippen molar-refractivity contribution in [3.63, 3.8) is 0 Å². The van der Waals surface area contributed by atoms with Crippen molar-refractivity contribution in [2.24, 2.45) is 0 Å². The Balaban J connectivity index is 0. The molecule has 3 N–H and O–H groups in total. The molecule has 0 aromatic carbocycles. The Hall–Kier alpha value is -0.650. The molecule has 0 bridgehead atoms. The summed E-state index contributed by atoms with van der Waals surface area (Å²) in [6.07, 6.45) is 41.4. The second-order valence-electron chi connectivity index (χ2n) is 13.3. The fourth-order valence-electron chi connectivity index (χ4n) is 5.67. The molecule has 5 nitrogen and oxygen atoms in total. The molecular weight excluding hydrogens is 548 g/mol. The van der Waals surface area contributed by atoms with Gasteiger partial charge < -0.3 is 20.1 Å². The molecule has 0 fully saturated rings. The number of aliphatic carboxylic acids is 1. The highest BCUT2D eigenvalue weighted by Gasteiger charge is 2.01. The van der Waals surface area contributed by atoms with E-state index < -0.39 is 12.1 Å². The van der Waals surface area contributed by atoms with Crippen LogP contribution in [0, 0.1) is 0 Å². The average Bonchev–Trinajstić information content (AvgIpc) is 3.02. The first kappa shape index (κ1) is 45.5. The van der Waals surface area contributed by atoms with Gasteiger partial charge in [0, 0.05) is 13.0 Å². The Morgan fingerprint density at radius 1 is 0.477 bits per heavy atom. The van der Waals surface area contributed by atoms with E-state index in [-0.39, 0.29) is 13.2 Å². The summed E-state index contributed by atoms with van der Waals surface area (Å²) < 4.78 is 5.30. The summed E-state index contributed by atoms with van der Waals surface area (Å²) in [6, 6.07) is 0. The van der Waals surface area contributed by atoms with E-state index in [0.717, 1.165) is 19.3 Å². The van der Waals surface area contributed by atoms with Crippen LogP contribution in [0.2, 0.25) is 0 Å². The maximum atomic E-state index is 10.3. The van der Waals surface area contributed by atoms with Gasteiger partial charge in [-0.3, -0.25) is 4.79 Å². The molecule has 1 unspecified atom stereocenters. The molecule has 5 heteroatoms. The molecule has 0 aliphatic carbocycles. The van der Waals surface area contributed by atoms with Gasteiger partial charge in [0.1, 0.15) is 6.10 Å². The highest BCUT2D eigenvalue weighted by molar-refractivity contribution is 5.66. The predicted molar refractivity (Wildman–Crippen MR) is 191 cm³/mol. The van der Waals surface area contributed by atoms with Crippen molar-refractivity contribution < 1.29 is 24.9 Å². The summed E-state index contributed by atoms with van der Waals surface area (Å²) in [5.74, 6) is -0.653. The fourth-order valence-corrected chi connectivity index (χ4v) is 5.67. The molecule has 0 radical (unpaired) electrons. The van der Waals surface area contributed by atoms with Crippen molar-refractivity contribution in [1.82, 2.24) is 0 Å². The van der Waals surface area contributed by atoms with Crippen LogP contribution in [0.3, 0.4) is 0 Å². The van der Waals surface area contributed by atoms with Crippen LogP contribution in [0.1, 0.15) is 219 Å². The lowest BCUT2D eigenvalue weighted by Crippen LogP contribution is -2.19. The minimum Gasteiger partial charge on any atom is -0.481 e. The lowest BCUT2D eigenvalue weighted by molar-refractivity contribution is -0.137. The molecule has 266 valence electrons. The zero-order chi connectivity index (χ0) is 32.6. The second kappa shape index (κ2) is 42.3. The summed E-state index contributed by atoms with van der Waals surface area (Å²) in [5, 5.41) is 26.3. The van der Waals surface area contributed by atoms with Crippen molar-refractivity contribution >= 4 is 5.97 Å². The summed E-state index contributed by atoms with van der Waals surface area (Å²) >= 11 is 0. The highest BCUT2D eigenvalue weighted by Crippen LogP contribution is 2.15. The van der Waals surface area contributed by atoms with Crippen molar-refractivity contribution in [1.29, 1.82) is 0 Å². The van der Waals surface area contributed by atoms with E-state index in [4.69, 9.17) is 20.1 Å². The van der Waals surface area contributed by atoms with Gasteiger partial charge in [-0.15, -0.1) is 0 Å². The molecule has 0 heterocycles. The van der Waals surface area contributed by atoms with Crippen molar-refractivity contribution in [3.05, 3.63) is 0 Å². The van der Waals surface area contributed by atoms with Crippen molar-refractivity contribution in [2.75, 3.05) is 19.8 Å². The molecule has 0 spiro atoms. The van der Waals surface area contributed by atoms with Crippen LogP contribution in [0.25, 0.3) is 0 Å². The minimum atomic E-state index is -0.717. The monoisotopic (exact) mass is 629 g/mol. The zero-order valence-corrected chi connectivity index (χ0v) is 30.0. The number of unbranched alkanes of at least 4 members (excludes halogenated alkanes) is 29. The highest BCUT2D eigenvalue weighted by atomic mass is 16.5. The lowest BCUT2D eigenvalue weighted by Gasteiger charge is -2.08. The van der Waals surface area contributed by atoms with Gasteiger partial charge in [-0.05, 0) is 12.8 Å². The Morgan fingerprint density at radius 2 is 0.750 bits per heavy atom. The van der Waals surface area contributed by atoms with E-state index >= 15 is 0 Å². The van der Waals surface area contributed by atoms with E-state index in [1.54, 1.807) is 0 Å². The van der Waals surface area contributed by atoms with Gasteiger partial charge in [-0.25, -0.2) is 0 Å². The molecule has 44 heavy (non-hydrogen) atoms. The first-order valence-corrected chi connectivity index (χ1v) is 19.7. The van der Waals surface area contributed by atoms with E-state index in [0.29, 0.717) is 13.0 Å². The Kier molecular flexibility index (Phi) is 43.8. The predicted octanol–water partition coefficient (Wildman–Crippen LogP) is 12.0. The van der Waals surface area contributed by atoms with Gasteiger partial charge in [0.05, 0.1) is 13.2 Å². The standard InChI is InChI=1S/C21H44O3.C18H36O2/c1-2-3-4-5-6-7-8-9-10-11-12-13-14-15-16-17-18-24-20-21(23)19-22;1-2-3-4-5-6-7-8-9-10-11-12-13-14-15-16-17-18(19)20/h21-23H,2-20H2,1H3;2-17H2,1H3,(H,19,20). The van der Waals surface area contributed by atoms with E-state index in [1.165, 1.54) is 180 Å². The third-order valence-corrected chi connectivity index (χ3v) is 8.66. The lowest BCUT2D eigenvalue weighted by atomic mass is 10.0. The van der Waals surface area contributed by atoms with Crippen molar-refractivity contribution in [2.45, 2.75) is 225 Å². The van der Waals surface area contributed by atoms with E-state index in [9.17, 15) is 4.79 Å². The smallest absolute Gasteiger partial charge is 0.303 e. The SMILES string of the molecule is CCCCCCCCCCCCCCCCCC(=O)O.CCCCCCCCCCCCCCCCCCOCC(O)CO. The van der Waals surface area contributed by atoms with E-state index in [2.05, 4.69) is 13.8 Å². The molecule has 0 rings (SSSR count). The quantitative estimate of drug-likeness (QED) is 0.0601. The van der Waals surface area contributed by atoms with Gasteiger partial charge in [-0.2, -0.15) is 0 Å². The number of hydrogen-bond acceptors (Lipinski definition) is 4. The number of carbonyl (C=O) groups is 1. The summed E-state index contributed by atoms with van der Waals surface area (Å²) in [5.41, 5.74) is 0. The van der Waals surface area contributed by atoms with Crippen molar-refractivity contribution in [3.8, 4) is 0 Å². The van der Waals surface area contributed by atoms with Gasteiger partial charge in [0.25, 0.3) is 0 Å². The maximum absolute atomic E-state index is 10.3. The Bertz CT molecular complexity index is 513. The number of carboxylic acids is 1. The largest absolute Gasteiger partial charge is 0.481 e. The van der Waals surface area contributed by atoms with Crippen LogP contribution in [0.5, 0.6) is 0 Å². The zero-order valence-electron chi connectivity index (χ0n) is 30.0. The van der Waals surface area contributed by atoms with E-state index in [1.807, 2.05) is 0 Å². The summed E-state index contributed by atoms with van der Waals surface area (Å²) in [6.45, 7) is 5.30. The summed E-state index contributed by atoms with van der Waals surface area (Å²) in [4.78, 5) is 10.3. The minimum absolute atomic E-state index is 0.209. The molecule has 0 aliphatic heterocycles. The number of hydrogen-bond donors (Lipinski definition) is 3. The van der Waals surface area contributed by atoms with Crippen LogP contribution in [-0.2, 0) is 9.53 Å². The molecule has 0 aliphatic rings. The van der Waals surface area contributed by atoms with Gasteiger partial charge in [-0.1, -0.05) is 200 Å². The van der Waals surface area contributed by atoms with Crippen LogP contribution in [0.4, 0.5) is 0 Å². The van der Waals surface area contributed by atoms with Crippen LogP contribution in [0.15, 0.2) is 0 Å². The van der Waals surface area contributed by atoms with Crippen LogP contribution < -0.4 is 0 Å². The molecule has 0 aromatic heterocycles. The van der Waals surface area contributed by atoms with Gasteiger partial charge in [0.15, 0.2) is 0 Å². The maximum Gasteiger partial charge on any atom is 0.303 e. The Morgan fingerprint density at radius 3 is 1.02 bits per heavy atom. The first-order chi connectivity index (χ1) is 21.6. The topological polar surface area (TPSA) is 87.0 Å². The molecular formula is C39H80O5. The number of aliphatic hydroxyl groups is 2. The van der Waals surface area contributed by atoms with Gasteiger partial charge in [0.2, 0.25) is 0 Å². The molecule has 1 atom stereocenters. The third-order valence-electron chi connectivity index (χ3n) is 8.66. The average molecular weight is 629 g/mol. The number of rotatable bonds is 36. The van der Waals surface area contributed by atoms with Crippen LogP contribution >= 0.6 is 0 Å². The normalized spacial score (nSPS) is 11.8.